The van der Waals surface area contributed by atoms with Gasteiger partial charge in [0.1, 0.15) is 6.10 Å². The SMILES string of the molecule is CS(=O)(=O)OC1CCC2C(=O)C=COC2C1. The Bertz CT molecular complexity index is 411. The number of hydrogen-bond acceptors (Lipinski definition) is 5. The van der Waals surface area contributed by atoms with Crippen LogP contribution in [0.5, 0.6) is 0 Å². The fourth-order valence-corrected chi connectivity index (χ4v) is 2.90. The van der Waals surface area contributed by atoms with Crippen LogP contribution in [0.2, 0.25) is 0 Å². The Morgan fingerprint density at radius 1 is 1.44 bits per heavy atom. The third kappa shape index (κ3) is 2.62. The quantitative estimate of drug-likeness (QED) is 0.668. The van der Waals surface area contributed by atoms with Crippen LogP contribution in [-0.4, -0.2) is 32.7 Å². The highest BCUT2D eigenvalue weighted by Gasteiger charge is 2.38. The van der Waals surface area contributed by atoms with E-state index in [1.54, 1.807) is 0 Å². The third-order valence-corrected chi connectivity index (χ3v) is 3.53. The van der Waals surface area contributed by atoms with E-state index < -0.39 is 10.1 Å². The van der Waals surface area contributed by atoms with E-state index in [0.29, 0.717) is 19.3 Å². The molecule has 0 aromatic carbocycles. The van der Waals surface area contributed by atoms with E-state index in [2.05, 4.69) is 0 Å². The Balaban J connectivity index is 2.01. The summed E-state index contributed by atoms with van der Waals surface area (Å²) < 4.78 is 32.2. The van der Waals surface area contributed by atoms with E-state index in [-0.39, 0.29) is 23.9 Å². The van der Waals surface area contributed by atoms with E-state index in [1.807, 2.05) is 0 Å². The van der Waals surface area contributed by atoms with Crippen LogP contribution in [-0.2, 0) is 23.8 Å². The second-order valence-corrected chi connectivity index (χ2v) is 5.82. The van der Waals surface area contributed by atoms with E-state index in [0.717, 1.165) is 6.26 Å². The van der Waals surface area contributed by atoms with E-state index in [9.17, 15) is 13.2 Å². The van der Waals surface area contributed by atoms with Crippen molar-refractivity contribution in [1.29, 1.82) is 0 Å². The number of fused-ring (bicyclic) bond motifs is 1. The number of ether oxygens (including phenoxy) is 1. The summed E-state index contributed by atoms with van der Waals surface area (Å²) >= 11 is 0. The first-order valence-electron chi connectivity index (χ1n) is 5.20. The Morgan fingerprint density at radius 2 is 2.19 bits per heavy atom. The van der Waals surface area contributed by atoms with Crippen LogP contribution >= 0.6 is 0 Å². The number of allylic oxidation sites excluding steroid dienone is 1. The van der Waals surface area contributed by atoms with E-state index in [1.165, 1.54) is 12.3 Å². The molecule has 0 aromatic rings. The maximum atomic E-state index is 11.5. The summed E-state index contributed by atoms with van der Waals surface area (Å²) in [6, 6.07) is 0. The smallest absolute Gasteiger partial charge is 0.264 e. The number of ketones is 1. The molecule has 2 aliphatic rings. The molecular weight excluding hydrogens is 232 g/mol. The number of hydrogen-bond donors (Lipinski definition) is 0. The highest BCUT2D eigenvalue weighted by Crippen LogP contribution is 2.32. The lowest BCUT2D eigenvalue weighted by Gasteiger charge is -2.35. The van der Waals surface area contributed by atoms with Crippen molar-refractivity contribution in [3.8, 4) is 0 Å². The van der Waals surface area contributed by atoms with Crippen LogP contribution in [0, 0.1) is 5.92 Å². The van der Waals surface area contributed by atoms with Gasteiger partial charge in [0.05, 0.1) is 24.5 Å². The summed E-state index contributed by atoms with van der Waals surface area (Å²) in [6.07, 6.45) is 4.89. The normalized spacial score (nSPS) is 34.3. The maximum Gasteiger partial charge on any atom is 0.264 e. The molecule has 3 atom stereocenters. The minimum Gasteiger partial charge on any atom is -0.497 e. The van der Waals surface area contributed by atoms with Crippen LogP contribution in [0.4, 0.5) is 0 Å². The lowest BCUT2D eigenvalue weighted by molar-refractivity contribution is -0.127. The molecule has 1 fully saturated rings. The second-order valence-electron chi connectivity index (χ2n) is 4.22. The van der Waals surface area contributed by atoms with Gasteiger partial charge in [-0.1, -0.05) is 0 Å². The zero-order valence-corrected chi connectivity index (χ0v) is 9.77. The Kier molecular flexibility index (Phi) is 3.03. The van der Waals surface area contributed by atoms with Gasteiger partial charge in [-0.05, 0) is 12.8 Å². The van der Waals surface area contributed by atoms with Gasteiger partial charge in [0, 0.05) is 12.5 Å². The van der Waals surface area contributed by atoms with Crippen molar-refractivity contribution in [2.75, 3.05) is 6.26 Å². The Labute approximate surface area is 94.5 Å². The molecule has 0 N–H and O–H groups in total. The minimum atomic E-state index is -3.43. The van der Waals surface area contributed by atoms with Gasteiger partial charge in [0.25, 0.3) is 10.1 Å². The average molecular weight is 246 g/mol. The Hall–Kier alpha value is -0.880. The average Bonchev–Trinajstić information content (AvgIpc) is 2.15. The predicted octanol–water partition coefficient (Wildman–Crippen LogP) is 0.613. The molecule has 0 saturated heterocycles. The van der Waals surface area contributed by atoms with Crippen molar-refractivity contribution in [2.24, 2.45) is 5.92 Å². The molecule has 5 nitrogen and oxygen atoms in total. The van der Waals surface area contributed by atoms with Gasteiger partial charge < -0.3 is 4.74 Å². The second kappa shape index (κ2) is 4.18. The molecule has 1 aliphatic carbocycles. The van der Waals surface area contributed by atoms with Crippen molar-refractivity contribution in [3.05, 3.63) is 12.3 Å². The molecule has 0 radical (unpaired) electrons. The third-order valence-electron chi connectivity index (χ3n) is 2.91. The van der Waals surface area contributed by atoms with Crippen molar-refractivity contribution >= 4 is 15.9 Å². The molecule has 0 amide bonds. The van der Waals surface area contributed by atoms with Crippen molar-refractivity contribution in [3.63, 3.8) is 0 Å². The van der Waals surface area contributed by atoms with E-state index in [4.69, 9.17) is 8.92 Å². The molecule has 90 valence electrons. The fraction of sp³-hybridized carbons (Fsp3) is 0.700. The highest BCUT2D eigenvalue weighted by atomic mass is 32.2. The summed E-state index contributed by atoms with van der Waals surface area (Å²) in [5.41, 5.74) is 0. The van der Waals surface area contributed by atoms with Crippen LogP contribution < -0.4 is 0 Å². The summed E-state index contributed by atoms with van der Waals surface area (Å²) in [5, 5.41) is 0. The van der Waals surface area contributed by atoms with Gasteiger partial charge in [0.15, 0.2) is 5.78 Å². The fourth-order valence-electron chi connectivity index (χ4n) is 2.23. The van der Waals surface area contributed by atoms with Crippen molar-refractivity contribution in [1.82, 2.24) is 0 Å². The molecule has 0 aromatic heterocycles. The summed E-state index contributed by atoms with van der Waals surface area (Å²) in [4.78, 5) is 11.5. The monoisotopic (exact) mass is 246 g/mol. The predicted molar refractivity (Wildman–Crippen MR) is 56.1 cm³/mol. The molecule has 2 rings (SSSR count). The molecule has 0 bridgehead atoms. The molecule has 16 heavy (non-hydrogen) atoms. The van der Waals surface area contributed by atoms with Gasteiger partial charge >= 0.3 is 0 Å². The first kappa shape index (κ1) is 11.6. The van der Waals surface area contributed by atoms with Crippen LogP contribution in [0.1, 0.15) is 19.3 Å². The molecule has 0 spiro atoms. The molecule has 1 heterocycles. The lowest BCUT2D eigenvalue weighted by Crippen LogP contribution is -2.40. The maximum absolute atomic E-state index is 11.5. The first-order valence-corrected chi connectivity index (χ1v) is 7.01. The Morgan fingerprint density at radius 3 is 2.88 bits per heavy atom. The minimum absolute atomic E-state index is 0.0639. The van der Waals surface area contributed by atoms with Gasteiger partial charge in [0.2, 0.25) is 0 Å². The topological polar surface area (TPSA) is 69.7 Å². The standard InChI is InChI=1S/C10H14O5S/c1-16(12,13)15-7-2-3-8-9(11)4-5-14-10(8)6-7/h4-5,7-8,10H,2-3,6H2,1H3. The number of carbonyl (C=O) groups is 1. The summed E-state index contributed by atoms with van der Waals surface area (Å²) in [6.45, 7) is 0. The zero-order chi connectivity index (χ0) is 11.8. The first-order chi connectivity index (χ1) is 7.46. The molecule has 6 heteroatoms. The van der Waals surface area contributed by atoms with Gasteiger partial charge in [-0.2, -0.15) is 8.42 Å². The summed E-state index contributed by atoms with van der Waals surface area (Å²) in [7, 11) is -3.43. The van der Waals surface area contributed by atoms with Gasteiger partial charge in [-0.3, -0.25) is 8.98 Å². The van der Waals surface area contributed by atoms with Crippen molar-refractivity contribution < 1.29 is 22.1 Å². The largest absolute Gasteiger partial charge is 0.497 e. The molecule has 1 saturated carbocycles. The zero-order valence-electron chi connectivity index (χ0n) is 8.96. The molecule has 1 aliphatic heterocycles. The number of rotatable bonds is 2. The van der Waals surface area contributed by atoms with Crippen LogP contribution in [0.25, 0.3) is 0 Å². The lowest BCUT2D eigenvalue weighted by atomic mass is 9.81. The molecular formula is C10H14O5S. The van der Waals surface area contributed by atoms with Crippen LogP contribution in [0.15, 0.2) is 12.3 Å². The molecule has 3 unspecified atom stereocenters. The van der Waals surface area contributed by atoms with E-state index >= 15 is 0 Å². The summed E-state index contributed by atoms with van der Waals surface area (Å²) in [5.74, 6) is -0.0709. The number of carbonyl (C=O) groups excluding carboxylic acids is 1. The van der Waals surface area contributed by atoms with Crippen molar-refractivity contribution in [2.45, 2.75) is 31.5 Å². The van der Waals surface area contributed by atoms with Crippen LogP contribution in [0.3, 0.4) is 0 Å². The highest BCUT2D eigenvalue weighted by molar-refractivity contribution is 7.86. The van der Waals surface area contributed by atoms with Gasteiger partial charge in [-0.25, -0.2) is 0 Å². The van der Waals surface area contributed by atoms with Gasteiger partial charge in [-0.15, -0.1) is 0 Å².